The predicted molar refractivity (Wildman–Crippen MR) is 70.7 cm³/mol. The number of H-pyrrole nitrogens is 1. The molecule has 5 heteroatoms. The lowest BCUT2D eigenvalue weighted by atomic mass is 9.78. The Kier molecular flexibility index (Phi) is 4.07. The van der Waals surface area contributed by atoms with Crippen molar-refractivity contribution in [2.45, 2.75) is 44.1 Å². The molecule has 4 nitrogen and oxygen atoms in total. The summed E-state index contributed by atoms with van der Waals surface area (Å²) in [6.45, 7) is 2.20. The summed E-state index contributed by atoms with van der Waals surface area (Å²) >= 11 is 5.77. The highest BCUT2D eigenvalue weighted by atomic mass is 35.5. The van der Waals surface area contributed by atoms with Crippen LogP contribution in [0.25, 0.3) is 0 Å². The fourth-order valence-electron chi connectivity index (χ4n) is 2.79. The van der Waals surface area contributed by atoms with Crippen LogP contribution in [0.1, 0.15) is 44.1 Å². The maximum atomic E-state index is 11.6. The van der Waals surface area contributed by atoms with E-state index in [9.17, 15) is 4.79 Å². The molecule has 2 rings (SSSR count). The summed E-state index contributed by atoms with van der Waals surface area (Å²) in [5.74, 6) is 1.44. The standard InChI is InChI=1S/C13H19ClN2O2/c1-9-4-3-5-13(7-9,18-2)12-15-10(8-14)6-11(17)16-12/h6,9H,3-5,7-8H2,1-2H3,(H,15,16,17). The first kappa shape index (κ1) is 13.6. The Hall–Kier alpha value is -0.870. The second-order valence-corrected chi connectivity index (χ2v) is 5.39. The average Bonchev–Trinajstić information content (AvgIpc) is 2.37. The number of nitrogens with one attached hydrogen (secondary N) is 1. The quantitative estimate of drug-likeness (QED) is 0.859. The number of alkyl halides is 1. The van der Waals surface area contributed by atoms with Gasteiger partial charge < -0.3 is 9.72 Å². The van der Waals surface area contributed by atoms with Gasteiger partial charge in [-0.3, -0.25) is 4.79 Å². The number of aromatic amines is 1. The molecule has 0 saturated heterocycles. The van der Waals surface area contributed by atoms with E-state index < -0.39 is 5.60 Å². The van der Waals surface area contributed by atoms with Crippen molar-refractivity contribution in [2.75, 3.05) is 7.11 Å². The third-order valence-electron chi connectivity index (χ3n) is 3.71. The van der Waals surface area contributed by atoms with E-state index in [2.05, 4.69) is 16.9 Å². The number of methoxy groups -OCH3 is 1. The maximum Gasteiger partial charge on any atom is 0.251 e. The molecule has 1 aromatic rings. The molecule has 1 aliphatic rings. The van der Waals surface area contributed by atoms with Crippen LogP contribution in [0, 0.1) is 5.92 Å². The molecule has 18 heavy (non-hydrogen) atoms. The summed E-state index contributed by atoms with van der Waals surface area (Å²) in [5.41, 5.74) is -0.0193. The van der Waals surface area contributed by atoms with Crippen molar-refractivity contribution in [3.8, 4) is 0 Å². The van der Waals surface area contributed by atoms with Gasteiger partial charge in [0.15, 0.2) is 0 Å². The van der Waals surface area contributed by atoms with Crippen LogP contribution in [-0.4, -0.2) is 17.1 Å². The fourth-order valence-corrected chi connectivity index (χ4v) is 2.93. The van der Waals surface area contributed by atoms with Crippen molar-refractivity contribution in [2.24, 2.45) is 5.92 Å². The molecule has 2 atom stereocenters. The number of nitrogens with zero attached hydrogens (tertiary/aromatic N) is 1. The minimum absolute atomic E-state index is 0.162. The van der Waals surface area contributed by atoms with Crippen molar-refractivity contribution in [1.82, 2.24) is 9.97 Å². The molecule has 1 aliphatic carbocycles. The highest BCUT2D eigenvalue weighted by molar-refractivity contribution is 6.16. The van der Waals surface area contributed by atoms with Gasteiger partial charge in [-0.2, -0.15) is 0 Å². The molecule has 1 fully saturated rings. The third kappa shape index (κ3) is 2.59. The highest BCUT2D eigenvalue weighted by Gasteiger charge is 2.39. The molecule has 0 aliphatic heterocycles. The molecule has 0 bridgehead atoms. The fraction of sp³-hybridized carbons (Fsp3) is 0.692. The summed E-state index contributed by atoms with van der Waals surface area (Å²) in [6.07, 6.45) is 4.06. The molecular formula is C13H19ClN2O2. The number of aromatic nitrogens is 2. The van der Waals surface area contributed by atoms with E-state index in [1.54, 1.807) is 7.11 Å². The lowest BCUT2D eigenvalue weighted by Gasteiger charge is -2.37. The topological polar surface area (TPSA) is 55.0 Å². The van der Waals surface area contributed by atoms with Gasteiger partial charge in [0, 0.05) is 13.2 Å². The molecule has 0 spiro atoms. The second kappa shape index (κ2) is 5.41. The molecule has 1 heterocycles. The third-order valence-corrected chi connectivity index (χ3v) is 3.98. The van der Waals surface area contributed by atoms with Gasteiger partial charge in [0.1, 0.15) is 11.4 Å². The predicted octanol–water partition coefficient (Wildman–Crippen LogP) is 2.56. The summed E-state index contributed by atoms with van der Waals surface area (Å²) in [6, 6.07) is 1.44. The normalized spacial score (nSPS) is 28.3. The van der Waals surface area contributed by atoms with Gasteiger partial charge in [-0.1, -0.05) is 13.3 Å². The Morgan fingerprint density at radius 3 is 3.06 bits per heavy atom. The Morgan fingerprint density at radius 1 is 1.67 bits per heavy atom. The van der Waals surface area contributed by atoms with Crippen molar-refractivity contribution in [3.05, 3.63) is 27.9 Å². The zero-order chi connectivity index (χ0) is 13.2. The summed E-state index contributed by atoms with van der Waals surface area (Å²) in [7, 11) is 1.69. The van der Waals surface area contributed by atoms with Crippen molar-refractivity contribution < 1.29 is 4.74 Å². The van der Waals surface area contributed by atoms with E-state index in [0.717, 1.165) is 19.3 Å². The number of hydrogen-bond acceptors (Lipinski definition) is 3. The van der Waals surface area contributed by atoms with E-state index in [1.165, 1.54) is 12.5 Å². The Morgan fingerprint density at radius 2 is 2.44 bits per heavy atom. The molecule has 0 amide bonds. The Bertz CT molecular complexity index is 474. The van der Waals surface area contributed by atoms with Gasteiger partial charge in [0.25, 0.3) is 5.56 Å². The number of halogens is 1. The number of ether oxygens (including phenoxy) is 1. The van der Waals surface area contributed by atoms with Crippen LogP contribution >= 0.6 is 11.6 Å². The molecular weight excluding hydrogens is 252 g/mol. The van der Waals surface area contributed by atoms with Crippen LogP contribution in [0.3, 0.4) is 0 Å². The number of hydrogen-bond donors (Lipinski definition) is 1. The number of rotatable bonds is 3. The second-order valence-electron chi connectivity index (χ2n) is 5.12. The lowest BCUT2D eigenvalue weighted by molar-refractivity contribution is -0.0649. The van der Waals surface area contributed by atoms with Crippen LogP contribution in [0.15, 0.2) is 10.9 Å². The SMILES string of the molecule is COC1(c2nc(CCl)cc(=O)[nH]2)CCCC(C)C1. The van der Waals surface area contributed by atoms with Crippen LogP contribution in [0.4, 0.5) is 0 Å². The summed E-state index contributed by atoms with van der Waals surface area (Å²) in [4.78, 5) is 18.9. The van der Waals surface area contributed by atoms with E-state index in [0.29, 0.717) is 17.4 Å². The van der Waals surface area contributed by atoms with Crippen molar-refractivity contribution in [3.63, 3.8) is 0 Å². The minimum atomic E-state index is -0.459. The van der Waals surface area contributed by atoms with Gasteiger partial charge in [-0.15, -0.1) is 11.6 Å². The highest BCUT2D eigenvalue weighted by Crippen LogP contribution is 2.40. The van der Waals surface area contributed by atoms with Gasteiger partial charge in [-0.25, -0.2) is 4.98 Å². The van der Waals surface area contributed by atoms with Crippen molar-refractivity contribution in [1.29, 1.82) is 0 Å². The first-order valence-corrected chi connectivity index (χ1v) is 6.85. The Balaban J connectivity index is 2.43. The monoisotopic (exact) mass is 270 g/mol. The molecule has 1 saturated carbocycles. The first-order valence-electron chi connectivity index (χ1n) is 6.31. The summed E-state index contributed by atoms with van der Waals surface area (Å²) < 4.78 is 5.71. The van der Waals surface area contributed by atoms with Gasteiger partial charge in [-0.05, 0) is 25.2 Å². The average molecular weight is 271 g/mol. The smallest absolute Gasteiger partial charge is 0.251 e. The molecule has 0 radical (unpaired) electrons. The molecule has 2 unspecified atom stereocenters. The van der Waals surface area contributed by atoms with E-state index in [4.69, 9.17) is 16.3 Å². The van der Waals surface area contributed by atoms with Gasteiger partial charge >= 0.3 is 0 Å². The first-order chi connectivity index (χ1) is 8.59. The van der Waals surface area contributed by atoms with E-state index in [1.807, 2.05) is 0 Å². The van der Waals surface area contributed by atoms with Crippen LogP contribution in [-0.2, 0) is 16.2 Å². The van der Waals surface area contributed by atoms with Crippen LogP contribution in [0.5, 0.6) is 0 Å². The van der Waals surface area contributed by atoms with Gasteiger partial charge in [0.2, 0.25) is 0 Å². The minimum Gasteiger partial charge on any atom is -0.370 e. The van der Waals surface area contributed by atoms with Gasteiger partial charge in [0.05, 0.1) is 11.6 Å². The molecule has 1 N–H and O–H groups in total. The van der Waals surface area contributed by atoms with Crippen LogP contribution in [0.2, 0.25) is 0 Å². The summed E-state index contributed by atoms with van der Waals surface area (Å²) in [5, 5.41) is 0. The lowest BCUT2D eigenvalue weighted by Crippen LogP contribution is -2.37. The van der Waals surface area contributed by atoms with E-state index in [-0.39, 0.29) is 11.4 Å². The largest absolute Gasteiger partial charge is 0.370 e. The zero-order valence-corrected chi connectivity index (χ0v) is 11.6. The van der Waals surface area contributed by atoms with E-state index >= 15 is 0 Å². The Labute approximate surface area is 112 Å². The van der Waals surface area contributed by atoms with Crippen LogP contribution < -0.4 is 5.56 Å². The maximum absolute atomic E-state index is 11.6. The molecule has 100 valence electrons. The zero-order valence-electron chi connectivity index (χ0n) is 10.8. The molecule has 1 aromatic heterocycles. The van der Waals surface area contributed by atoms with Crippen molar-refractivity contribution >= 4 is 11.6 Å². The molecule has 0 aromatic carbocycles.